The third-order valence-electron chi connectivity index (χ3n) is 10.7. The Balaban J connectivity index is 1.46. The van der Waals surface area contributed by atoms with Gasteiger partial charge in [-0.2, -0.15) is 5.01 Å². The number of nitrogens with one attached hydrogen (secondary N) is 1. The average molecular weight is 648 g/mol. The highest BCUT2D eigenvalue weighted by atomic mass is 16.5. The number of amides is 4. The monoisotopic (exact) mass is 647 g/mol. The zero-order valence-electron chi connectivity index (χ0n) is 27.9. The lowest BCUT2D eigenvalue weighted by atomic mass is 9.49. The zero-order valence-corrected chi connectivity index (χ0v) is 27.9. The summed E-state index contributed by atoms with van der Waals surface area (Å²) < 4.78 is 5.81. The first kappa shape index (κ1) is 31.7. The summed E-state index contributed by atoms with van der Waals surface area (Å²) in [4.78, 5) is 59.4. The number of likely N-dealkylation sites (tertiary alicyclic amines) is 1. The smallest absolute Gasteiger partial charge is 0.260 e. The third-order valence-corrected chi connectivity index (χ3v) is 10.7. The van der Waals surface area contributed by atoms with Gasteiger partial charge in [-0.05, 0) is 88.8 Å². The molecule has 7 rings (SSSR count). The molecular weight excluding hydrogens is 606 g/mol. The van der Waals surface area contributed by atoms with Gasteiger partial charge in [0, 0.05) is 11.5 Å². The van der Waals surface area contributed by atoms with Crippen molar-refractivity contribution >= 4 is 29.3 Å². The Kier molecular flexibility index (Phi) is 7.49. The number of imide groups is 2. The van der Waals surface area contributed by atoms with Crippen molar-refractivity contribution in [2.24, 2.45) is 23.7 Å². The molecule has 4 amide bonds. The minimum atomic E-state index is -1.39. The number of allylic oxidation sites excluding steroid dienone is 2. The Morgan fingerprint density at radius 2 is 1.62 bits per heavy atom. The van der Waals surface area contributed by atoms with Crippen molar-refractivity contribution < 1.29 is 29.0 Å². The number of rotatable bonds is 6. The molecule has 2 aliphatic carbocycles. The largest absolute Gasteiger partial charge is 0.504 e. The molecule has 4 aliphatic rings. The number of phenolic OH excluding ortho intramolecular Hbond substituents is 1. The summed E-state index contributed by atoms with van der Waals surface area (Å²) in [6.45, 7) is 9.68. The van der Waals surface area contributed by atoms with Crippen molar-refractivity contribution in [1.82, 2.24) is 9.91 Å². The second kappa shape index (κ2) is 11.4. The van der Waals surface area contributed by atoms with Crippen LogP contribution in [0.15, 0.2) is 84.4 Å². The number of anilines is 1. The summed E-state index contributed by atoms with van der Waals surface area (Å²) in [6, 6.07) is 21.9. The van der Waals surface area contributed by atoms with Gasteiger partial charge in [-0.1, -0.05) is 65.7 Å². The highest BCUT2D eigenvalue weighted by Crippen LogP contribution is 2.64. The van der Waals surface area contributed by atoms with Crippen molar-refractivity contribution in [3.8, 4) is 11.5 Å². The fourth-order valence-electron chi connectivity index (χ4n) is 8.76. The molecule has 6 atom stereocenters. The number of ether oxygens (including phenoxy) is 1. The molecule has 0 unspecified atom stereocenters. The zero-order chi connectivity index (χ0) is 34.1. The van der Waals surface area contributed by atoms with Gasteiger partial charge in [0.05, 0.1) is 35.5 Å². The predicted molar refractivity (Wildman–Crippen MR) is 180 cm³/mol. The predicted octanol–water partition coefficient (Wildman–Crippen LogP) is 5.88. The van der Waals surface area contributed by atoms with E-state index in [1.165, 1.54) is 4.90 Å². The van der Waals surface area contributed by atoms with Gasteiger partial charge in [-0.25, -0.2) is 0 Å². The lowest BCUT2D eigenvalue weighted by Gasteiger charge is -2.50. The van der Waals surface area contributed by atoms with Crippen molar-refractivity contribution in [3.05, 3.63) is 101 Å². The summed E-state index contributed by atoms with van der Waals surface area (Å²) >= 11 is 0. The molecule has 2 saturated heterocycles. The summed E-state index contributed by atoms with van der Waals surface area (Å²) in [5.41, 5.74) is 4.89. The van der Waals surface area contributed by atoms with E-state index in [2.05, 4.69) is 5.43 Å². The molecule has 1 saturated carbocycles. The van der Waals surface area contributed by atoms with E-state index < -0.39 is 46.5 Å². The lowest BCUT2D eigenvalue weighted by Crippen LogP contribution is -2.53. The number of aryl methyl sites for hydroxylation is 1. The van der Waals surface area contributed by atoms with Gasteiger partial charge in [-0.3, -0.25) is 29.5 Å². The quantitative estimate of drug-likeness (QED) is 0.254. The fraction of sp³-hybridized carbons (Fsp3) is 0.385. The average Bonchev–Trinajstić information content (AvgIpc) is 3.45. The van der Waals surface area contributed by atoms with Crippen LogP contribution in [0.4, 0.5) is 5.69 Å². The van der Waals surface area contributed by atoms with Crippen LogP contribution in [0.5, 0.6) is 11.5 Å². The van der Waals surface area contributed by atoms with Crippen molar-refractivity contribution in [2.45, 2.75) is 64.3 Å². The topological polar surface area (TPSA) is 116 Å². The number of benzene rings is 3. The maximum atomic E-state index is 15.2. The number of fused-ring (bicyclic) bond motifs is 4. The molecule has 0 radical (unpaired) electrons. The number of phenols is 1. The second-order valence-corrected chi connectivity index (χ2v) is 14.4. The van der Waals surface area contributed by atoms with Crippen LogP contribution in [0.2, 0.25) is 0 Å². The first-order valence-corrected chi connectivity index (χ1v) is 16.7. The van der Waals surface area contributed by atoms with E-state index in [0.717, 1.165) is 16.1 Å². The maximum absolute atomic E-state index is 15.2. The van der Waals surface area contributed by atoms with E-state index in [-0.39, 0.29) is 35.6 Å². The molecule has 2 heterocycles. The standard InChI is InChI=1S/C39H41N3O6/c1-6-48-31-20-23(14-19-30(31)43)33-26-17-18-27-32(36(46)41(34(27)44)38(3,4)5)28(26)21-29-35(45)42(40-25-15-12-22(2)13-16-25)37(47)39(29,33)24-10-8-7-9-11-24/h7-17,19-20,27-29,32-33,40,43H,6,18,21H2,1-5H3/t27-,28+,29-,32-,33-,39+/m0/s1. The Morgan fingerprint density at radius 3 is 2.29 bits per heavy atom. The van der Waals surface area contributed by atoms with Crippen molar-refractivity contribution in [3.63, 3.8) is 0 Å². The van der Waals surface area contributed by atoms with Crippen LogP contribution in [0.25, 0.3) is 0 Å². The molecule has 3 aromatic carbocycles. The van der Waals surface area contributed by atoms with Gasteiger partial charge in [0.25, 0.3) is 11.8 Å². The number of aromatic hydroxyl groups is 1. The number of hydrogen-bond acceptors (Lipinski definition) is 7. The van der Waals surface area contributed by atoms with Crippen LogP contribution < -0.4 is 10.2 Å². The molecule has 0 spiro atoms. The molecule has 248 valence electrons. The van der Waals surface area contributed by atoms with Gasteiger partial charge in [0.1, 0.15) is 0 Å². The number of carbonyl (C=O) groups is 4. The molecule has 2 aliphatic heterocycles. The maximum Gasteiger partial charge on any atom is 0.260 e. The van der Waals surface area contributed by atoms with Gasteiger partial charge in [-0.15, -0.1) is 0 Å². The normalized spacial score (nSPS) is 28.2. The van der Waals surface area contributed by atoms with Crippen LogP contribution in [-0.2, 0) is 24.6 Å². The summed E-state index contributed by atoms with van der Waals surface area (Å²) in [6.07, 6.45) is 2.61. The van der Waals surface area contributed by atoms with E-state index in [1.807, 2.05) is 95.3 Å². The van der Waals surface area contributed by atoms with Crippen LogP contribution in [0.1, 0.15) is 63.1 Å². The van der Waals surface area contributed by atoms with Gasteiger partial charge in [0.15, 0.2) is 11.5 Å². The Morgan fingerprint density at radius 1 is 0.917 bits per heavy atom. The van der Waals surface area contributed by atoms with E-state index in [0.29, 0.717) is 29.8 Å². The molecule has 48 heavy (non-hydrogen) atoms. The Labute approximate surface area is 280 Å². The molecule has 9 nitrogen and oxygen atoms in total. The fourth-order valence-corrected chi connectivity index (χ4v) is 8.76. The van der Waals surface area contributed by atoms with Gasteiger partial charge in [0.2, 0.25) is 11.8 Å². The first-order chi connectivity index (χ1) is 22.9. The first-order valence-electron chi connectivity index (χ1n) is 16.7. The van der Waals surface area contributed by atoms with E-state index in [1.54, 1.807) is 18.2 Å². The number of hydrazine groups is 1. The SMILES string of the molecule is CCOc1cc([C@H]2C3=CC[C@@H]4C(=O)N(C(C)(C)C)C(=O)[C@@H]4[C@@H]3C[C@H]3C(=O)N(Nc4ccc(C)cc4)C(=O)[C@@]23c2ccccc2)ccc1O. The van der Waals surface area contributed by atoms with Crippen LogP contribution >= 0.6 is 0 Å². The number of nitrogens with zero attached hydrogens (tertiary/aromatic N) is 2. The summed E-state index contributed by atoms with van der Waals surface area (Å²) in [5.74, 6) is -4.18. The second-order valence-electron chi connectivity index (χ2n) is 14.4. The number of hydrogen-bond donors (Lipinski definition) is 2. The molecule has 0 bridgehead atoms. The Bertz CT molecular complexity index is 1850. The lowest BCUT2D eigenvalue weighted by molar-refractivity contribution is -0.146. The third kappa shape index (κ3) is 4.58. The van der Waals surface area contributed by atoms with Gasteiger partial charge < -0.3 is 9.84 Å². The minimum Gasteiger partial charge on any atom is -0.504 e. The molecule has 0 aromatic heterocycles. The molecule has 3 aromatic rings. The summed E-state index contributed by atoms with van der Waals surface area (Å²) in [7, 11) is 0. The highest BCUT2D eigenvalue weighted by Gasteiger charge is 2.70. The van der Waals surface area contributed by atoms with E-state index in [4.69, 9.17) is 4.74 Å². The molecular formula is C39H41N3O6. The highest BCUT2D eigenvalue weighted by molar-refractivity contribution is 6.13. The van der Waals surface area contributed by atoms with E-state index in [9.17, 15) is 19.5 Å². The minimum absolute atomic E-state index is 0.0372. The van der Waals surface area contributed by atoms with E-state index >= 15 is 4.79 Å². The van der Waals surface area contributed by atoms with Crippen molar-refractivity contribution in [1.29, 1.82) is 0 Å². The van der Waals surface area contributed by atoms with Gasteiger partial charge >= 0.3 is 0 Å². The summed E-state index contributed by atoms with van der Waals surface area (Å²) in [5, 5.41) is 11.9. The van der Waals surface area contributed by atoms with Crippen LogP contribution in [-0.4, -0.2) is 50.8 Å². The van der Waals surface area contributed by atoms with Crippen LogP contribution in [0, 0.1) is 30.6 Å². The van der Waals surface area contributed by atoms with Crippen LogP contribution in [0.3, 0.4) is 0 Å². The Hall–Kier alpha value is -4.92. The molecule has 2 N–H and O–H groups in total. The van der Waals surface area contributed by atoms with Crippen molar-refractivity contribution in [2.75, 3.05) is 12.0 Å². The molecule has 3 fully saturated rings. The molecule has 9 heteroatoms. The number of carbonyl (C=O) groups excluding carboxylic acids is 4.